The predicted molar refractivity (Wildman–Crippen MR) is 108 cm³/mol. The number of carbonyl (C=O) groups is 1. The lowest BCUT2D eigenvalue weighted by Crippen LogP contribution is -2.28. The summed E-state index contributed by atoms with van der Waals surface area (Å²) in [6, 6.07) is 7.27. The van der Waals surface area contributed by atoms with Gasteiger partial charge in [0.05, 0.1) is 24.1 Å². The summed E-state index contributed by atoms with van der Waals surface area (Å²) in [5.41, 5.74) is 4.25. The fourth-order valence-electron chi connectivity index (χ4n) is 4.59. The molecular weight excluding hydrogens is 370 g/mol. The molecule has 6 nitrogen and oxygen atoms in total. The Morgan fingerprint density at radius 2 is 2.07 bits per heavy atom. The zero-order chi connectivity index (χ0) is 20.3. The molecule has 6 heteroatoms. The van der Waals surface area contributed by atoms with Gasteiger partial charge in [0.25, 0.3) is 0 Å². The van der Waals surface area contributed by atoms with Gasteiger partial charge in [-0.1, -0.05) is 13.8 Å². The standard InChI is InChI=1S/C23H21NO5/c1-12(2)18-9-14-13-5-7-29-22(13)16(21-4-3-6-28-21)8-15(14)19-10-20(25)17(23(26)27)11-24(18)19/h3-4,6,8,10-12,18H,5,7,9H2,1-2H3,(H,26,27)/t18-/m0/s1. The summed E-state index contributed by atoms with van der Waals surface area (Å²) in [7, 11) is 0. The van der Waals surface area contributed by atoms with Crippen molar-refractivity contribution in [2.24, 2.45) is 5.92 Å². The summed E-state index contributed by atoms with van der Waals surface area (Å²) >= 11 is 0. The van der Waals surface area contributed by atoms with Crippen molar-refractivity contribution in [2.45, 2.75) is 32.7 Å². The molecule has 1 atom stereocenters. The number of hydrogen-bond donors (Lipinski definition) is 1. The highest BCUT2D eigenvalue weighted by molar-refractivity contribution is 5.88. The van der Waals surface area contributed by atoms with Gasteiger partial charge < -0.3 is 18.8 Å². The normalized spacial score (nSPS) is 16.9. The Balaban J connectivity index is 1.83. The van der Waals surface area contributed by atoms with E-state index in [1.165, 1.54) is 23.4 Å². The van der Waals surface area contributed by atoms with E-state index in [0.29, 0.717) is 12.4 Å². The molecule has 1 aromatic carbocycles. The number of nitrogens with zero attached hydrogens (tertiary/aromatic N) is 1. The van der Waals surface area contributed by atoms with Gasteiger partial charge >= 0.3 is 5.97 Å². The van der Waals surface area contributed by atoms with E-state index in [-0.39, 0.29) is 17.5 Å². The fraction of sp³-hybridized carbons (Fsp3) is 0.304. The lowest BCUT2D eigenvalue weighted by Gasteiger charge is -2.34. The number of furan rings is 1. The number of rotatable bonds is 3. The van der Waals surface area contributed by atoms with Crippen LogP contribution in [0.2, 0.25) is 0 Å². The number of carboxylic acid groups (broad SMARTS) is 1. The number of aromatic carboxylic acids is 1. The van der Waals surface area contributed by atoms with Crippen LogP contribution < -0.4 is 10.2 Å². The second-order valence-electron chi connectivity index (χ2n) is 8.00. The van der Waals surface area contributed by atoms with E-state index in [1.54, 1.807) is 6.26 Å². The third-order valence-electron chi connectivity index (χ3n) is 6.01. The number of ether oxygens (including phenoxy) is 1. The first-order valence-electron chi connectivity index (χ1n) is 9.81. The fourth-order valence-corrected chi connectivity index (χ4v) is 4.59. The molecule has 2 aromatic heterocycles. The molecule has 0 fully saturated rings. The van der Waals surface area contributed by atoms with Crippen LogP contribution in [-0.2, 0) is 12.8 Å². The molecule has 5 rings (SSSR count). The highest BCUT2D eigenvalue weighted by Gasteiger charge is 2.33. The van der Waals surface area contributed by atoms with Gasteiger partial charge in [0.2, 0.25) is 0 Å². The average molecular weight is 391 g/mol. The van der Waals surface area contributed by atoms with Crippen LogP contribution in [-0.4, -0.2) is 22.2 Å². The summed E-state index contributed by atoms with van der Waals surface area (Å²) in [6.07, 6.45) is 4.72. The summed E-state index contributed by atoms with van der Waals surface area (Å²) in [4.78, 5) is 24.1. The molecule has 1 N–H and O–H groups in total. The van der Waals surface area contributed by atoms with Gasteiger partial charge in [-0.25, -0.2) is 4.79 Å². The SMILES string of the molecule is CC(C)[C@@H]1Cc2c(cc(-c3ccco3)c3c2CCO3)-c2cc(=O)c(C(=O)O)cn21. The Labute approximate surface area is 167 Å². The number of aromatic nitrogens is 1. The molecule has 0 aliphatic carbocycles. The molecule has 4 heterocycles. The third kappa shape index (κ3) is 2.63. The largest absolute Gasteiger partial charge is 0.492 e. The van der Waals surface area contributed by atoms with Gasteiger partial charge in [0.1, 0.15) is 17.1 Å². The minimum absolute atomic E-state index is 0.0652. The van der Waals surface area contributed by atoms with Crippen molar-refractivity contribution in [1.82, 2.24) is 4.57 Å². The van der Waals surface area contributed by atoms with E-state index < -0.39 is 11.4 Å². The number of carboxylic acids is 1. The lowest BCUT2D eigenvalue weighted by atomic mass is 9.83. The number of benzene rings is 1. The number of fused-ring (bicyclic) bond motifs is 5. The van der Waals surface area contributed by atoms with Crippen LogP contribution in [0.4, 0.5) is 0 Å². The molecule has 0 unspecified atom stereocenters. The summed E-state index contributed by atoms with van der Waals surface area (Å²) in [6.45, 7) is 4.86. The third-order valence-corrected chi connectivity index (χ3v) is 6.01. The van der Waals surface area contributed by atoms with Gasteiger partial charge in [-0.05, 0) is 36.1 Å². The van der Waals surface area contributed by atoms with Gasteiger partial charge in [-0.2, -0.15) is 0 Å². The molecule has 2 aliphatic heterocycles. The first-order valence-corrected chi connectivity index (χ1v) is 9.81. The average Bonchev–Trinajstić information content (AvgIpc) is 3.38. The Morgan fingerprint density at radius 1 is 1.24 bits per heavy atom. The molecule has 0 bridgehead atoms. The van der Waals surface area contributed by atoms with E-state index in [0.717, 1.165) is 35.4 Å². The summed E-state index contributed by atoms with van der Waals surface area (Å²) < 4.78 is 13.6. The molecule has 0 saturated carbocycles. The molecule has 0 radical (unpaired) electrons. The van der Waals surface area contributed by atoms with Crippen LogP contribution >= 0.6 is 0 Å². The van der Waals surface area contributed by atoms with E-state index in [1.807, 2.05) is 22.8 Å². The van der Waals surface area contributed by atoms with Crippen LogP contribution in [0.15, 0.2) is 45.9 Å². The molecular formula is C23H21NO5. The minimum Gasteiger partial charge on any atom is -0.492 e. The topological polar surface area (TPSA) is 81.7 Å². The maximum Gasteiger partial charge on any atom is 0.341 e. The molecule has 148 valence electrons. The van der Waals surface area contributed by atoms with E-state index in [4.69, 9.17) is 9.15 Å². The highest BCUT2D eigenvalue weighted by Crippen LogP contribution is 2.47. The Hall–Kier alpha value is -3.28. The molecule has 0 spiro atoms. The van der Waals surface area contributed by atoms with Crippen molar-refractivity contribution in [3.63, 3.8) is 0 Å². The van der Waals surface area contributed by atoms with Crippen LogP contribution in [0.1, 0.15) is 41.4 Å². The minimum atomic E-state index is -1.20. The van der Waals surface area contributed by atoms with Crippen molar-refractivity contribution in [1.29, 1.82) is 0 Å². The van der Waals surface area contributed by atoms with Crippen molar-refractivity contribution in [3.8, 4) is 28.3 Å². The van der Waals surface area contributed by atoms with Crippen LogP contribution in [0.5, 0.6) is 5.75 Å². The van der Waals surface area contributed by atoms with Crippen molar-refractivity contribution < 1.29 is 19.1 Å². The molecule has 29 heavy (non-hydrogen) atoms. The first-order chi connectivity index (χ1) is 14.0. The van der Waals surface area contributed by atoms with Crippen molar-refractivity contribution >= 4 is 5.97 Å². The van der Waals surface area contributed by atoms with E-state index >= 15 is 0 Å². The zero-order valence-corrected chi connectivity index (χ0v) is 16.3. The van der Waals surface area contributed by atoms with Crippen LogP contribution in [0.3, 0.4) is 0 Å². The highest BCUT2D eigenvalue weighted by atomic mass is 16.5. The second-order valence-corrected chi connectivity index (χ2v) is 8.00. The molecule has 2 aliphatic rings. The van der Waals surface area contributed by atoms with Gasteiger partial charge in [-0.15, -0.1) is 0 Å². The quantitative estimate of drug-likeness (QED) is 0.725. The number of pyridine rings is 1. The Bertz CT molecular complexity index is 1190. The van der Waals surface area contributed by atoms with Gasteiger partial charge in [-0.3, -0.25) is 4.79 Å². The molecule has 3 aromatic rings. The zero-order valence-electron chi connectivity index (χ0n) is 16.3. The first kappa shape index (κ1) is 17.8. The molecule has 0 saturated heterocycles. The lowest BCUT2D eigenvalue weighted by molar-refractivity contribution is 0.0694. The second kappa shape index (κ2) is 6.37. The van der Waals surface area contributed by atoms with Gasteiger partial charge in [0.15, 0.2) is 5.43 Å². The predicted octanol–water partition coefficient (Wildman–Crippen LogP) is 4.16. The van der Waals surface area contributed by atoms with Crippen molar-refractivity contribution in [3.05, 3.63) is 63.6 Å². The van der Waals surface area contributed by atoms with Crippen LogP contribution in [0, 0.1) is 5.92 Å². The summed E-state index contributed by atoms with van der Waals surface area (Å²) in [5.74, 6) is 0.651. The maximum absolute atomic E-state index is 12.5. The Kier molecular flexibility index (Phi) is 3.91. The van der Waals surface area contributed by atoms with E-state index in [9.17, 15) is 14.7 Å². The smallest absolute Gasteiger partial charge is 0.341 e. The number of hydrogen-bond acceptors (Lipinski definition) is 4. The summed E-state index contributed by atoms with van der Waals surface area (Å²) in [5, 5.41) is 9.44. The van der Waals surface area contributed by atoms with Gasteiger partial charge in [0, 0.05) is 35.9 Å². The maximum atomic E-state index is 12.5. The van der Waals surface area contributed by atoms with Crippen LogP contribution in [0.25, 0.3) is 22.6 Å². The van der Waals surface area contributed by atoms with E-state index in [2.05, 4.69) is 13.8 Å². The Morgan fingerprint density at radius 3 is 2.76 bits per heavy atom. The molecule has 0 amide bonds. The monoisotopic (exact) mass is 391 g/mol. The van der Waals surface area contributed by atoms with Crippen molar-refractivity contribution in [2.75, 3.05) is 6.61 Å².